The van der Waals surface area contributed by atoms with Gasteiger partial charge in [-0.05, 0) is 24.6 Å². The van der Waals surface area contributed by atoms with Crippen molar-refractivity contribution in [1.82, 2.24) is 18.7 Å². The third-order valence-electron chi connectivity index (χ3n) is 5.53. The number of fused-ring (bicyclic) bond motifs is 3. The number of aromatic nitrogens is 4. The van der Waals surface area contributed by atoms with E-state index in [2.05, 4.69) is 5.10 Å². The molecular formula is C25H20N4O3. The monoisotopic (exact) mass is 424 g/mol. The van der Waals surface area contributed by atoms with Crippen LogP contribution < -0.4 is 11.2 Å². The Kier molecular flexibility index (Phi) is 4.78. The van der Waals surface area contributed by atoms with Gasteiger partial charge in [-0.3, -0.25) is 14.2 Å². The summed E-state index contributed by atoms with van der Waals surface area (Å²) in [5.74, 6) is -0.0204. The van der Waals surface area contributed by atoms with E-state index in [9.17, 15) is 14.4 Å². The van der Waals surface area contributed by atoms with E-state index in [-0.39, 0.29) is 30.2 Å². The van der Waals surface area contributed by atoms with Gasteiger partial charge in [-0.25, -0.2) is 13.9 Å². The Morgan fingerprint density at radius 3 is 2.31 bits per heavy atom. The highest BCUT2D eigenvalue weighted by molar-refractivity contribution is 5.95. The summed E-state index contributed by atoms with van der Waals surface area (Å²) in [5, 5.41) is 4.83. The summed E-state index contributed by atoms with van der Waals surface area (Å²) < 4.78 is 4.02. The molecule has 7 heteroatoms. The molecule has 0 bridgehead atoms. The number of aryl methyl sites for hydroxylation is 1. The third-order valence-corrected chi connectivity index (χ3v) is 5.53. The zero-order valence-corrected chi connectivity index (χ0v) is 17.4. The average molecular weight is 424 g/mol. The Bertz CT molecular complexity index is 1580. The first-order chi connectivity index (χ1) is 15.5. The van der Waals surface area contributed by atoms with Crippen molar-refractivity contribution < 1.29 is 4.79 Å². The zero-order chi connectivity index (χ0) is 22.2. The van der Waals surface area contributed by atoms with Gasteiger partial charge in [-0.2, -0.15) is 0 Å². The molecule has 0 unspecified atom stereocenters. The molecule has 0 aliphatic rings. The SMILES string of the molecule is Cc1ccc(Cn2c(=O)c3ccccc3n3c(=O)n(CC(=O)c4ccccc4)nc23)cc1. The molecule has 0 radical (unpaired) electrons. The van der Waals surface area contributed by atoms with Crippen molar-refractivity contribution in [3.05, 3.63) is 116 Å². The molecule has 2 aromatic heterocycles. The first-order valence-corrected chi connectivity index (χ1v) is 10.3. The van der Waals surface area contributed by atoms with Gasteiger partial charge in [0.05, 0.1) is 17.4 Å². The number of hydrogen-bond acceptors (Lipinski definition) is 4. The maximum atomic E-state index is 13.3. The highest BCUT2D eigenvalue weighted by Gasteiger charge is 2.19. The molecule has 32 heavy (non-hydrogen) atoms. The lowest BCUT2D eigenvalue weighted by Crippen LogP contribution is -2.27. The van der Waals surface area contributed by atoms with E-state index in [0.717, 1.165) is 15.8 Å². The van der Waals surface area contributed by atoms with Crippen molar-refractivity contribution >= 4 is 22.5 Å². The van der Waals surface area contributed by atoms with Gasteiger partial charge < -0.3 is 0 Å². The summed E-state index contributed by atoms with van der Waals surface area (Å²) >= 11 is 0. The van der Waals surface area contributed by atoms with Crippen LogP contribution in [0.3, 0.4) is 0 Å². The van der Waals surface area contributed by atoms with Gasteiger partial charge >= 0.3 is 5.69 Å². The number of Topliss-reactive ketones (excluding diaryl/α,β-unsaturated/α-hetero) is 1. The Balaban J connectivity index is 1.70. The summed E-state index contributed by atoms with van der Waals surface area (Å²) in [6, 6.07) is 23.5. The van der Waals surface area contributed by atoms with Gasteiger partial charge in [0.2, 0.25) is 5.78 Å². The molecule has 0 aliphatic carbocycles. The number of para-hydroxylation sites is 1. The number of carbonyl (C=O) groups is 1. The predicted octanol–water partition coefficient (Wildman–Crippen LogP) is 3.05. The van der Waals surface area contributed by atoms with E-state index in [0.29, 0.717) is 16.5 Å². The van der Waals surface area contributed by atoms with Crippen LogP contribution in [-0.2, 0) is 13.1 Å². The molecule has 5 rings (SSSR count). The van der Waals surface area contributed by atoms with Crippen molar-refractivity contribution in [2.24, 2.45) is 0 Å². The van der Waals surface area contributed by atoms with Crippen LogP contribution in [0.4, 0.5) is 0 Å². The molecule has 0 N–H and O–H groups in total. The minimum Gasteiger partial charge on any atom is -0.292 e. The van der Waals surface area contributed by atoms with E-state index in [4.69, 9.17) is 0 Å². The van der Waals surface area contributed by atoms with Crippen LogP contribution in [0.2, 0.25) is 0 Å². The number of benzene rings is 3. The summed E-state index contributed by atoms with van der Waals surface area (Å²) in [5.41, 5.74) is 2.30. The van der Waals surface area contributed by atoms with E-state index in [1.165, 1.54) is 8.97 Å². The Morgan fingerprint density at radius 1 is 0.875 bits per heavy atom. The molecule has 0 spiro atoms. The smallest absolute Gasteiger partial charge is 0.292 e. The van der Waals surface area contributed by atoms with Crippen LogP contribution in [0.15, 0.2) is 88.5 Å². The molecule has 3 aromatic carbocycles. The first kappa shape index (κ1) is 19.7. The highest BCUT2D eigenvalue weighted by atomic mass is 16.2. The maximum absolute atomic E-state index is 13.3. The fourth-order valence-electron chi connectivity index (χ4n) is 3.84. The predicted molar refractivity (Wildman–Crippen MR) is 122 cm³/mol. The van der Waals surface area contributed by atoms with Crippen molar-refractivity contribution in [2.75, 3.05) is 0 Å². The minimum atomic E-state index is -0.460. The third kappa shape index (κ3) is 3.33. The van der Waals surface area contributed by atoms with Crippen LogP contribution >= 0.6 is 0 Å². The number of carbonyl (C=O) groups excluding carboxylic acids is 1. The normalized spacial score (nSPS) is 11.3. The number of hydrogen-bond donors (Lipinski definition) is 0. The van der Waals surface area contributed by atoms with Crippen molar-refractivity contribution in [2.45, 2.75) is 20.0 Å². The fourth-order valence-corrected chi connectivity index (χ4v) is 3.84. The van der Waals surface area contributed by atoms with Crippen molar-refractivity contribution in [3.8, 4) is 0 Å². The molecule has 2 heterocycles. The van der Waals surface area contributed by atoms with Gasteiger partial charge in [0.15, 0.2) is 5.78 Å². The lowest BCUT2D eigenvalue weighted by atomic mass is 10.1. The zero-order valence-electron chi connectivity index (χ0n) is 17.4. The fraction of sp³-hybridized carbons (Fsp3) is 0.120. The van der Waals surface area contributed by atoms with Crippen LogP contribution in [0, 0.1) is 6.92 Å². The Labute approximate surface area is 182 Å². The minimum absolute atomic E-state index is 0.208. The van der Waals surface area contributed by atoms with Crippen molar-refractivity contribution in [3.63, 3.8) is 0 Å². The van der Waals surface area contributed by atoms with E-state index in [1.54, 1.807) is 48.5 Å². The largest absolute Gasteiger partial charge is 0.352 e. The van der Waals surface area contributed by atoms with Crippen LogP contribution in [-0.4, -0.2) is 24.5 Å². The molecule has 7 nitrogen and oxygen atoms in total. The van der Waals surface area contributed by atoms with Gasteiger partial charge in [0.25, 0.3) is 5.56 Å². The molecular weight excluding hydrogens is 404 g/mol. The quantitative estimate of drug-likeness (QED) is 0.406. The number of rotatable bonds is 5. The second kappa shape index (κ2) is 7.77. The lowest BCUT2D eigenvalue weighted by molar-refractivity contribution is 0.0966. The van der Waals surface area contributed by atoms with Crippen LogP contribution in [0.5, 0.6) is 0 Å². The van der Waals surface area contributed by atoms with Gasteiger partial charge in [-0.15, -0.1) is 5.10 Å². The molecule has 0 aliphatic heterocycles. The molecule has 0 saturated heterocycles. The molecule has 0 atom stereocenters. The first-order valence-electron chi connectivity index (χ1n) is 10.3. The number of nitrogens with zero attached hydrogens (tertiary/aromatic N) is 4. The topological polar surface area (TPSA) is 78.4 Å². The molecule has 158 valence electrons. The summed E-state index contributed by atoms with van der Waals surface area (Å²) in [6.07, 6.45) is 0. The highest BCUT2D eigenvalue weighted by Crippen LogP contribution is 2.13. The summed E-state index contributed by atoms with van der Waals surface area (Å²) in [7, 11) is 0. The second-order valence-electron chi connectivity index (χ2n) is 7.76. The van der Waals surface area contributed by atoms with Crippen molar-refractivity contribution in [1.29, 1.82) is 0 Å². The molecule has 0 saturated carbocycles. The summed E-state index contributed by atoms with van der Waals surface area (Å²) in [6.45, 7) is 2.04. The van der Waals surface area contributed by atoms with Gasteiger partial charge in [-0.1, -0.05) is 72.3 Å². The molecule has 5 aromatic rings. The maximum Gasteiger partial charge on any atom is 0.352 e. The molecule has 0 amide bonds. The summed E-state index contributed by atoms with van der Waals surface area (Å²) in [4.78, 5) is 39.3. The van der Waals surface area contributed by atoms with E-state index in [1.807, 2.05) is 37.3 Å². The Hall–Kier alpha value is -4.26. The molecule has 0 fully saturated rings. The standard InChI is InChI=1S/C25H20N4O3/c1-17-11-13-18(14-12-17)15-27-23(31)20-9-5-6-10-21(20)29-24(27)26-28(25(29)32)16-22(30)19-7-3-2-4-8-19/h2-14H,15-16H2,1H3. The Morgan fingerprint density at radius 2 is 1.56 bits per heavy atom. The number of ketones is 1. The van der Waals surface area contributed by atoms with Gasteiger partial charge in [0, 0.05) is 5.56 Å². The van der Waals surface area contributed by atoms with Gasteiger partial charge in [0.1, 0.15) is 6.54 Å². The van der Waals surface area contributed by atoms with E-state index >= 15 is 0 Å². The van der Waals surface area contributed by atoms with E-state index < -0.39 is 5.69 Å². The second-order valence-corrected chi connectivity index (χ2v) is 7.76. The lowest BCUT2D eigenvalue weighted by Gasteiger charge is -2.10. The van der Waals surface area contributed by atoms with Crippen LogP contribution in [0.1, 0.15) is 21.5 Å². The van der Waals surface area contributed by atoms with Crippen LogP contribution in [0.25, 0.3) is 16.7 Å². The average Bonchev–Trinajstić information content (AvgIpc) is 3.14.